The van der Waals surface area contributed by atoms with E-state index < -0.39 is 0 Å². The second kappa shape index (κ2) is 6.12. The molecule has 132 valence electrons. The summed E-state index contributed by atoms with van der Waals surface area (Å²) in [4.78, 5) is 12.9. The molecule has 0 N–H and O–H groups in total. The van der Waals surface area contributed by atoms with Crippen molar-refractivity contribution in [2.24, 2.45) is 11.8 Å². The number of ketones is 1. The standard InChI is InChI=1S/C24H24O2/c1-26-17-8-10-18-16(13-17)7-9-20-19(18)11-12-21-22(20)14-23(25)24(21)15-5-3-2-4-6-15/h2-6,8,10,13,19-20,22H,7,9,11-12,14H2,1H3/t19-,20-,22+/m1/s1. The highest BCUT2D eigenvalue weighted by Crippen LogP contribution is 2.55. The van der Waals surface area contributed by atoms with Crippen molar-refractivity contribution in [1.29, 1.82) is 0 Å². The van der Waals surface area contributed by atoms with Crippen LogP contribution in [0.2, 0.25) is 0 Å². The molecule has 3 aliphatic rings. The normalized spacial score (nSPS) is 27.0. The van der Waals surface area contributed by atoms with Crippen LogP contribution >= 0.6 is 0 Å². The van der Waals surface area contributed by atoms with Crippen LogP contribution in [0.15, 0.2) is 54.1 Å². The molecule has 0 aliphatic heterocycles. The molecule has 5 rings (SSSR count). The van der Waals surface area contributed by atoms with Gasteiger partial charge in [0.15, 0.2) is 5.78 Å². The Balaban J connectivity index is 1.52. The molecule has 2 aromatic rings. The Morgan fingerprint density at radius 1 is 0.962 bits per heavy atom. The van der Waals surface area contributed by atoms with Gasteiger partial charge in [-0.25, -0.2) is 0 Å². The van der Waals surface area contributed by atoms with E-state index in [1.165, 1.54) is 29.5 Å². The maximum Gasteiger partial charge on any atom is 0.164 e. The Labute approximate surface area is 154 Å². The van der Waals surface area contributed by atoms with Crippen LogP contribution in [0.3, 0.4) is 0 Å². The maximum atomic E-state index is 12.9. The Kier molecular flexibility index (Phi) is 3.74. The second-order valence-corrected chi connectivity index (χ2v) is 7.91. The van der Waals surface area contributed by atoms with E-state index in [1.807, 2.05) is 18.2 Å². The van der Waals surface area contributed by atoms with E-state index in [4.69, 9.17) is 4.74 Å². The average molecular weight is 344 g/mol. The van der Waals surface area contributed by atoms with Crippen molar-refractivity contribution in [3.63, 3.8) is 0 Å². The Morgan fingerprint density at radius 3 is 2.62 bits per heavy atom. The van der Waals surface area contributed by atoms with Gasteiger partial charge in [0, 0.05) is 12.0 Å². The van der Waals surface area contributed by atoms with Crippen LogP contribution in [0.25, 0.3) is 5.57 Å². The van der Waals surface area contributed by atoms with Crippen molar-refractivity contribution in [2.45, 2.75) is 38.0 Å². The van der Waals surface area contributed by atoms with E-state index in [2.05, 4.69) is 30.3 Å². The number of Topliss-reactive ketones (excluding diaryl/α,β-unsaturated/α-hetero) is 1. The zero-order valence-electron chi connectivity index (χ0n) is 15.2. The number of aryl methyl sites for hydroxylation is 1. The molecule has 3 atom stereocenters. The van der Waals surface area contributed by atoms with Gasteiger partial charge in [0.2, 0.25) is 0 Å². The minimum Gasteiger partial charge on any atom is -0.497 e. The lowest BCUT2D eigenvalue weighted by Crippen LogP contribution is -2.31. The van der Waals surface area contributed by atoms with Crippen molar-refractivity contribution in [1.82, 2.24) is 0 Å². The monoisotopic (exact) mass is 344 g/mol. The number of allylic oxidation sites excluding steroid dienone is 2. The zero-order valence-corrected chi connectivity index (χ0v) is 15.2. The number of carbonyl (C=O) groups excluding carboxylic acids is 1. The lowest BCUT2D eigenvalue weighted by atomic mass is 9.62. The highest BCUT2D eigenvalue weighted by atomic mass is 16.5. The topological polar surface area (TPSA) is 26.3 Å². The van der Waals surface area contributed by atoms with Crippen LogP contribution < -0.4 is 4.74 Å². The number of ether oxygens (including phenoxy) is 1. The number of hydrogen-bond donors (Lipinski definition) is 0. The van der Waals surface area contributed by atoms with E-state index in [-0.39, 0.29) is 0 Å². The minimum absolute atomic E-state index is 0.359. The number of fused-ring (bicyclic) bond motifs is 5. The summed E-state index contributed by atoms with van der Waals surface area (Å²) in [7, 11) is 1.74. The molecule has 26 heavy (non-hydrogen) atoms. The third-order valence-electron chi connectivity index (χ3n) is 6.77. The summed E-state index contributed by atoms with van der Waals surface area (Å²) in [6.07, 6.45) is 5.24. The van der Waals surface area contributed by atoms with Crippen LogP contribution in [-0.4, -0.2) is 12.9 Å². The average Bonchev–Trinajstić information content (AvgIpc) is 3.04. The molecular formula is C24H24O2. The molecule has 0 heterocycles. The summed E-state index contributed by atoms with van der Waals surface area (Å²) in [6.45, 7) is 0. The molecule has 0 radical (unpaired) electrons. The summed E-state index contributed by atoms with van der Waals surface area (Å²) in [5.41, 5.74) is 6.55. The lowest BCUT2D eigenvalue weighted by molar-refractivity contribution is -0.114. The van der Waals surface area contributed by atoms with Gasteiger partial charge >= 0.3 is 0 Å². The van der Waals surface area contributed by atoms with E-state index in [0.29, 0.717) is 30.0 Å². The van der Waals surface area contributed by atoms with Crippen molar-refractivity contribution < 1.29 is 9.53 Å². The molecule has 1 saturated carbocycles. The summed E-state index contributed by atoms with van der Waals surface area (Å²) in [6, 6.07) is 16.9. The fraction of sp³-hybridized carbons (Fsp3) is 0.375. The molecule has 0 spiro atoms. The first kappa shape index (κ1) is 15.9. The van der Waals surface area contributed by atoms with Gasteiger partial charge in [-0.3, -0.25) is 4.79 Å². The fourth-order valence-corrected chi connectivity index (χ4v) is 5.66. The van der Waals surface area contributed by atoms with Crippen LogP contribution in [0.1, 0.15) is 48.3 Å². The third-order valence-corrected chi connectivity index (χ3v) is 6.77. The molecule has 0 unspecified atom stereocenters. The van der Waals surface area contributed by atoms with Gasteiger partial charge in [-0.1, -0.05) is 42.0 Å². The molecule has 2 aromatic carbocycles. The van der Waals surface area contributed by atoms with Crippen LogP contribution in [-0.2, 0) is 11.2 Å². The summed E-state index contributed by atoms with van der Waals surface area (Å²) in [5, 5.41) is 0. The maximum absolute atomic E-state index is 12.9. The lowest BCUT2D eigenvalue weighted by Gasteiger charge is -2.42. The van der Waals surface area contributed by atoms with Gasteiger partial charge < -0.3 is 4.74 Å². The van der Waals surface area contributed by atoms with E-state index in [1.54, 1.807) is 7.11 Å². The van der Waals surface area contributed by atoms with E-state index in [0.717, 1.165) is 29.7 Å². The largest absolute Gasteiger partial charge is 0.497 e. The van der Waals surface area contributed by atoms with Gasteiger partial charge in [-0.2, -0.15) is 0 Å². The summed E-state index contributed by atoms with van der Waals surface area (Å²) < 4.78 is 5.41. The molecule has 1 fully saturated rings. The first-order valence-electron chi connectivity index (χ1n) is 9.74. The summed E-state index contributed by atoms with van der Waals surface area (Å²) in [5.74, 6) is 2.98. The molecule has 0 bridgehead atoms. The Hall–Kier alpha value is -2.35. The number of methoxy groups -OCH3 is 1. The number of carbonyl (C=O) groups is 1. The number of hydrogen-bond acceptors (Lipinski definition) is 2. The third kappa shape index (κ3) is 2.35. The summed E-state index contributed by atoms with van der Waals surface area (Å²) >= 11 is 0. The second-order valence-electron chi connectivity index (χ2n) is 7.91. The molecule has 2 heteroatoms. The first-order valence-corrected chi connectivity index (χ1v) is 9.74. The van der Waals surface area contributed by atoms with Crippen molar-refractivity contribution in [3.05, 3.63) is 70.8 Å². The quantitative estimate of drug-likeness (QED) is 0.750. The van der Waals surface area contributed by atoms with Gasteiger partial charge in [-0.15, -0.1) is 0 Å². The van der Waals surface area contributed by atoms with Crippen molar-refractivity contribution in [3.8, 4) is 5.75 Å². The molecule has 3 aliphatic carbocycles. The van der Waals surface area contributed by atoms with Crippen molar-refractivity contribution >= 4 is 11.4 Å². The number of rotatable bonds is 2. The zero-order chi connectivity index (χ0) is 17.7. The first-order chi connectivity index (χ1) is 12.8. The van der Waals surface area contributed by atoms with Gasteiger partial charge in [0.05, 0.1) is 7.11 Å². The molecule has 0 aromatic heterocycles. The Bertz CT molecular complexity index is 894. The molecular weight excluding hydrogens is 320 g/mol. The van der Waals surface area contributed by atoms with Crippen LogP contribution in [0.5, 0.6) is 5.75 Å². The smallest absolute Gasteiger partial charge is 0.164 e. The van der Waals surface area contributed by atoms with Crippen LogP contribution in [0.4, 0.5) is 0 Å². The predicted octanol–water partition coefficient (Wildman–Crippen LogP) is 5.18. The number of benzene rings is 2. The minimum atomic E-state index is 0.359. The van der Waals surface area contributed by atoms with Crippen LogP contribution in [0, 0.1) is 11.8 Å². The predicted molar refractivity (Wildman–Crippen MR) is 103 cm³/mol. The van der Waals surface area contributed by atoms with E-state index in [9.17, 15) is 4.79 Å². The van der Waals surface area contributed by atoms with Gasteiger partial charge in [0.1, 0.15) is 5.75 Å². The highest BCUT2D eigenvalue weighted by molar-refractivity contribution is 6.24. The Morgan fingerprint density at radius 2 is 1.81 bits per heavy atom. The van der Waals surface area contributed by atoms with Crippen molar-refractivity contribution in [2.75, 3.05) is 7.11 Å². The molecule has 0 amide bonds. The van der Waals surface area contributed by atoms with Gasteiger partial charge in [0.25, 0.3) is 0 Å². The van der Waals surface area contributed by atoms with E-state index >= 15 is 0 Å². The SMILES string of the molecule is COc1ccc2c(c1)CC[C@H]1[C@@H]3CC(=O)C(c4ccccc4)=C3CC[C@H]21. The highest BCUT2D eigenvalue weighted by Gasteiger charge is 2.45. The molecule has 0 saturated heterocycles. The molecule has 2 nitrogen and oxygen atoms in total. The van der Waals surface area contributed by atoms with Gasteiger partial charge in [-0.05, 0) is 72.3 Å². The fourth-order valence-electron chi connectivity index (χ4n) is 5.66.